The van der Waals surface area contributed by atoms with Gasteiger partial charge in [0.2, 0.25) is 11.8 Å². The van der Waals surface area contributed by atoms with Crippen LogP contribution in [0.2, 0.25) is 10.0 Å². The highest BCUT2D eigenvalue weighted by atomic mass is 35.5. The first-order chi connectivity index (χ1) is 18.7. The summed E-state index contributed by atoms with van der Waals surface area (Å²) in [6, 6.07) is 9.48. The Bertz CT molecular complexity index is 1150. The van der Waals surface area contributed by atoms with Gasteiger partial charge in [-0.2, -0.15) is 0 Å². The maximum Gasteiger partial charge on any atom is 0.407 e. The largest absolute Gasteiger partial charge is 0.453 e. The van der Waals surface area contributed by atoms with Crippen LogP contribution in [0.15, 0.2) is 42.5 Å². The molecule has 1 fully saturated rings. The summed E-state index contributed by atoms with van der Waals surface area (Å²) in [5.41, 5.74) is 1.51. The van der Waals surface area contributed by atoms with Gasteiger partial charge in [0.1, 0.15) is 11.9 Å². The van der Waals surface area contributed by atoms with Gasteiger partial charge in [0, 0.05) is 49.2 Å². The van der Waals surface area contributed by atoms with Crippen LogP contribution in [0.3, 0.4) is 0 Å². The Morgan fingerprint density at radius 3 is 2.44 bits per heavy atom. The number of piperazine rings is 1. The molecule has 1 heterocycles. The van der Waals surface area contributed by atoms with E-state index in [0.29, 0.717) is 48.1 Å². The van der Waals surface area contributed by atoms with Crippen LogP contribution in [0.4, 0.5) is 9.18 Å². The number of alkyl carbamates (subject to hydrolysis) is 1. The number of rotatable bonds is 10. The van der Waals surface area contributed by atoms with E-state index in [1.54, 1.807) is 36.2 Å². The minimum atomic E-state index is -0.892. The number of methoxy groups -OCH3 is 1. The predicted octanol–water partition coefficient (Wildman–Crippen LogP) is 4.07. The molecule has 212 valence electrons. The second-order valence-corrected chi connectivity index (χ2v) is 10.4. The highest BCUT2D eigenvalue weighted by Gasteiger charge is 2.38. The lowest BCUT2D eigenvalue weighted by Gasteiger charge is -2.45. The van der Waals surface area contributed by atoms with Crippen molar-refractivity contribution >= 4 is 41.1 Å². The fourth-order valence-electron chi connectivity index (χ4n) is 4.94. The Hall–Kier alpha value is -2.88. The zero-order valence-corrected chi connectivity index (χ0v) is 23.9. The normalized spacial score (nSPS) is 17.3. The van der Waals surface area contributed by atoms with Gasteiger partial charge in [0.15, 0.2) is 0 Å². The van der Waals surface area contributed by atoms with Crippen LogP contribution >= 0.6 is 23.2 Å². The summed E-state index contributed by atoms with van der Waals surface area (Å²) in [5, 5.41) is 6.41. The number of carbonyl (C=O) groups excluding carboxylic acids is 3. The van der Waals surface area contributed by atoms with Crippen LogP contribution in [-0.2, 0) is 27.2 Å². The van der Waals surface area contributed by atoms with Gasteiger partial charge in [-0.15, -0.1) is 0 Å². The zero-order chi connectivity index (χ0) is 28.5. The third kappa shape index (κ3) is 8.30. The number of hydrogen-bond donors (Lipinski definition) is 2. The number of nitrogens with one attached hydrogen (secondary N) is 2. The predicted molar refractivity (Wildman–Crippen MR) is 149 cm³/mol. The summed E-state index contributed by atoms with van der Waals surface area (Å²) in [6.45, 7) is 3.34. The highest BCUT2D eigenvalue weighted by Crippen LogP contribution is 2.25. The molecule has 0 spiro atoms. The van der Waals surface area contributed by atoms with E-state index in [4.69, 9.17) is 27.9 Å². The van der Waals surface area contributed by atoms with Crippen LogP contribution in [-0.4, -0.2) is 79.6 Å². The number of hydrogen-bond acceptors (Lipinski definition) is 5. The molecule has 3 amide bonds. The molecule has 2 aromatic carbocycles. The van der Waals surface area contributed by atoms with Crippen molar-refractivity contribution in [3.63, 3.8) is 0 Å². The van der Waals surface area contributed by atoms with Crippen molar-refractivity contribution in [3.8, 4) is 0 Å². The van der Waals surface area contributed by atoms with Crippen molar-refractivity contribution in [1.29, 1.82) is 0 Å². The Kier molecular flexibility index (Phi) is 11.4. The molecular formula is C28H35Cl2FN4O4. The molecular weight excluding hydrogens is 546 g/mol. The van der Waals surface area contributed by atoms with Gasteiger partial charge < -0.3 is 20.3 Å². The number of halogens is 3. The van der Waals surface area contributed by atoms with E-state index < -0.39 is 18.2 Å². The summed E-state index contributed by atoms with van der Waals surface area (Å²) in [5.74, 6) is -0.773. The quantitative estimate of drug-likeness (QED) is 0.442. The zero-order valence-electron chi connectivity index (χ0n) is 22.4. The molecule has 8 nitrogen and oxygen atoms in total. The number of ether oxygens (including phenoxy) is 1. The Balaban J connectivity index is 1.82. The molecule has 39 heavy (non-hydrogen) atoms. The summed E-state index contributed by atoms with van der Waals surface area (Å²) in [7, 11) is 2.83. The fourth-order valence-corrected chi connectivity index (χ4v) is 5.43. The first-order valence-electron chi connectivity index (χ1n) is 13.0. The maximum atomic E-state index is 13.8. The van der Waals surface area contributed by atoms with Gasteiger partial charge in [0.05, 0.1) is 13.2 Å². The number of benzene rings is 2. The smallest absolute Gasteiger partial charge is 0.407 e. The monoisotopic (exact) mass is 580 g/mol. The third-order valence-corrected chi connectivity index (χ3v) is 7.55. The highest BCUT2D eigenvalue weighted by molar-refractivity contribution is 6.35. The molecule has 3 atom stereocenters. The molecule has 0 aliphatic carbocycles. The van der Waals surface area contributed by atoms with Gasteiger partial charge in [-0.1, -0.05) is 54.7 Å². The molecule has 1 aliphatic heterocycles. The average molecular weight is 582 g/mol. The van der Waals surface area contributed by atoms with Crippen LogP contribution in [0, 0.1) is 5.82 Å². The molecule has 3 rings (SSSR count). The summed E-state index contributed by atoms with van der Waals surface area (Å²) in [6.07, 6.45) is 1.39. The lowest BCUT2D eigenvalue weighted by atomic mass is 9.98. The summed E-state index contributed by atoms with van der Waals surface area (Å²) < 4.78 is 18.2. The average Bonchev–Trinajstić information content (AvgIpc) is 2.92. The van der Waals surface area contributed by atoms with Gasteiger partial charge in [0.25, 0.3) is 0 Å². The molecule has 1 saturated heterocycles. The van der Waals surface area contributed by atoms with Gasteiger partial charge in [-0.05, 0) is 48.2 Å². The second kappa shape index (κ2) is 14.5. The molecule has 2 aromatic rings. The topological polar surface area (TPSA) is 91.0 Å². The fraction of sp³-hybridized carbons (Fsp3) is 0.464. The number of carbonyl (C=O) groups is 3. The molecule has 0 radical (unpaired) electrons. The molecule has 0 bridgehead atoms. The number of nitrogens with zero attached hydrogens (tertiary/aromatic N) is 2. The first kappa shape index (κ1) is 30.7. The van der Waals surface area contributed by atoms with Crippen molar-refractivity contribution in [3.05, 3.63) is 69.5 Å². The Morgan fingerprint density at radius 2 is 1.82 bits per heavy atom. The van der Waals surface area contributed by atoms with E-state index in [9.17, 15) is 18.8 Å². The van der Waals surface area contributed by atoms with Crippen molar-refractivity contribution in [2.45, 2.75) is 50.7 Å². The number of likely N-dealkylation sites (N-methyl/N-ethyl adjacent to an activating group) is 1. The van der Waals surface area contributed by atoms with Gasteiger partial charge in [-0.3, -0.25) is 14.5 Å². The SMILES string of the molecule is CCCC1CN(C(Cc2ccc(Cl)cc2Cl)C(=O)NC)CCN1C(=O)C(Cc1ccc(F)cc1)NC(=O)OC. The molecule has 0 aromatic heterocycles. The molecule has 1 aliphatic rings. The van der Waals surface area contributed by atoms with E-state index in [1.165, 1.54) is 19.2 Å². The second-order valence-electron chi connectivity index (χ2n) is 9.56. The third-order valence-electron chi connectivity index (χ3n) is 6.97. The van der Waals surface area contributed by atoms with Crippen molar-refractivity contribution in [2.75, 3.05) is 33.8 Å². The molecule has 0 saturated carbocycles. The molecule has 3 unspecified atom stereocenters. The standard InChI is InChI=1S/C28H35Cl2FN4O4/c1-4-5-22-17-34(25(26(36)32-2)15-19-8-9-20(29)16-23(19)30)12-13-35(22)27(37)24(33-28(38)39-3)14-18-6-10-21(31)11-7-18/h6-11,16,22,24-25H,4-5,12-15,17H2,1-3H3,(H,32,36)(H,33,38). The van der Waals surface area contributed by atoms with Crippen LogP contribution in [0.5, 0.6) is 0 Å². The van der Waals surface area contributed by atoms with E-state index in [-0.39, 0.29) is 30.1 Å². The van der Waals surface area contributed by atoms with Crippen molar-refractivity contribution < 1.29 is 23.5 Å². The van der Waals surface area contributed by atoms with E-state index >= 15 is 0 Å². The minimum absolute atomic E-state index is 0.141. The lowest BCUT2D eigenvalue weighted by Crippen LogP contribution is -2.63. The Labute approximate surface area is 238 Å². The van der Waals surface area contributed by atoms with E-state index in [1.807, 2.05) is 13.0 Å². The molecule has 11 heteroatoms. The Morgan fingerprint density at radius 1 is 1.10 bits per heavy atom. The lowest BCUT2D eigenvalue weighted by molar-refractivity contribution is -0.140. The summed E-state index contributed by atoms with van der Waals surface area (Å²) in [4.78, 5) is 42.7. The van der Waals surface area contributed by atoms with Gasteiger partial charge >= 0.3 is 6.09 Å². The van der Waals surface area contributed by atoms with Crippen LogP contribution in [0.25, 0.3) is 0 Å². The first-order valence-corrected chi connectivity index (χ1v) is 13.7. The van der Waals surface area contributed by atoms with E-state index in [0.717, 1.165) is 12.0 Å². The molecule has 2 N–H and O–H groups in total. The number of amides is 3. The summed E-state index contributed by atoms with van der Waals surface area (Å²) >= 11 is 12.5. The van der Waals surface area contributed by atoms with E-state index in [2.05, 4.69) is 15.5 Å². The van der Waals surface area contributed by atoms with Gasteiger partial charge in [-0.25, -0.2) is 9.18 Å². The van der Waals surface area contributed by atoms with Crippen LogP contribution in [0.1, 0.15) is 30.9 Å². The maximum absolute atomic E-state index is 13.8. The van der Waals surface area contributed by atoms with Crippen molar-refractivity contribution in [1.82, 2.24) is 20.4 Å². The van der Waals surface area contributed by atoms with Crippen LogP contribution < -0.4 is 10.6 Å². The van der Waals surface area contributed by atoms with Crippen molar-refractivity contribution in [2.24, 2.45) is 0 Å². The minimum Gasteiger partial charge on any atom is -0.453 e.